The average molecular weight is 441 g/mol. The fourth-order valence-corrected chi connectivity index (χ4v) is 4.59. The minimum Gasteiger partial charge on any atom is -0.349 e. The van der Waals surface area contributed by atoms with E-state index in [2.05, 4.69) is 21.4 Å². The third kappa shape index (κ3) is 4.01. The van der Waals surface area contributed by atoms with E-state index in [1.54, 1.807) is 24.3 Å². The van der Waals surface area contributed by atoms with Crippen LogP contribution in [0.1, 0.15) is 21.5 Å². The Morgan fingerprint density at radius 2 is 1.79 bits per heavy atom. The number of para-hydroxylation sites is 1. The highest BCUT2D eigenvalue weighted by Gasteiger charge is 2.16. The summed E-state index contributed by atoms with van der Waals surface area (Å²) in [5.41, 5.74) is 4.06. The van der Waals surface area contributed by atoms with Crippen molar-refractivity contribution in [2.45, 2.75) is 11.8 Å². The third-order valence-corrected chi connectivity index (χ3v) is 6.15. The van der Waals surface area contributed by atoms with Gasteiger partial charge in [0.15, 0.2) is 5.78 Å². The van der Waals surface area contributed by atoms with Gasteiger partial charge in [-0.25, -0.2) is 0 Å². The van der Waals surface area contributed by atoms with Crippen molar-refractivity contribution in [3.8, 4) is 0 Å². The molecule has 29 heavy (non-hydrogen) atoms. The van der Waals surface area contributed by atoms with Crippen molar-refractivity contribution < 1.29 is 4.79 Å². The number of aryl methyl sites for hydroxylation is 2. The molecule has 3 nitrogen and oxygen atoms in total. The van der Waals surface area contributed by atoms with E-state index in [4.69, 9.17) is 23.2 Å². The van der Waals surface area contributed by atoms with Crippen LogP contribution in [0.25, 0.3) is 10.9 Å². The molecule has 0 aliphatic heterocycles. The third-order valence-electron chi connectivity index (χ3n) is 4.79. The molecule has 0 aliphatic rings. The molecule has 0 radical (unpaired) electrons. The lowest BCUT2D eigenvalue weighted by Crippen LogP contribution is -2.04. The summed E-state index contributed by atoms with van der Waals surface area (Å²) < 4.78 is 5.48. The number of aromatic nitrogens is 1. The molecule has 0 amide bonds. The van der Waals surface area contributed by atoms with Gasteiger partial charge >= 0.3 is 0 Å². The van der Waals surface area contributed by atoms with Crippen LogP contribution >= 0.6 is 35.1 Å². The van der Waals surface area contributed by atoms with E-state index in [9.17, 15) is 4.79 Å². The van der Waals surface area contributed by atoms with E-state index in [-0.39, 0.29) is 5.78 Å². The maximum atomic E-state index is 12.9. The van der Waals surface area contributed by atoms with Crippen LogP contribution in [0.4, 0.5) is 5.69 Å². The molecule has 4 aromatic rings. The van der Waals surface area contributed by atoms with Gasteiger partial charge in [0.25, 0.3) is 0 Å². The van der Waals surface area contributed by atoms with Crippen LogP contribution in [-0.2, 0) is 7.05 Å². The Kier molecular flexibility index (Phi) is 5.59. The van der Waals surface area contributed by atoms with Crippen LogP contribution in [-0.4, -0.2) is 10.4 Å². The van der Waals surface area contributed by atoms with Crippen LogP contribution in [0.15, 0.2) is 71.8 Å². The van der Waals surface area contributed by atoms with Crippen LogP contribution in [0.5, 0.6) is 0 Å². The van der Waals surface area contributed by atoms with E-state index in [0.29, 0.717) is 21.2 Å². The van der Waals surface area contributed by atoms with Gasteiger partial charge in [-0.1, -0.05) is 35.3 Å². The normalized spacial score (nSPS) is 11.0. The minimum atomic E-state index is -0.109. The van der Waals surface area contributed by atoms with Gasteiger partial charge in [-0.3, -0.25) is 4.79 Å². The van der Waals surface area contributed by atoms with Crippen molar-refractivity contribution >= 4 is 57.5 Å². The average Bonchev–Trinajstić information content (AvgIpc) is 3.08. The monoisotopic (exact) mass is 440 g/mol. The van der Waals surface area contributed by atoms with Gasteiger partial charge in [0, 0.05) is 39.7 Å². The number of ketones is 1. The molecule has 4 rings (SSSR count). The first-order valence-corrected chi connectivity index (χ1v) is 10.6. The molecule has 0 atom stereocenters. The second kappa shape index (κ2) is 8.15. The number of nitrogens with zero attached hydrogens (tertiary/aromatic N) is 1. The molecule has 0 unspecified atom stereocenters. The number of halogens is 2. The van der Waals surface area contributed by atoms with Gasteiger partial charge in [0.2, 0.25) is 0 Å². The first kappa shape index (κ1) is 19.9. The van der Waals surface area contributed by atoms with E-state index in [1.165, 1.54) is 17.3 Å². The SMILES string of the molecule is Cc1cc(Cl)ccc1C(=O)c1ccc(SNc2cccc3ccn(C)c23)cc1Cl. The number of rotatable bonds is 5. The van der Waals surface area contributed by atoms with E-state index in [1.807, 2.05) is 44.4 Å². The van der Waals surface area contributed by atoms with E-state index >= 15 is 0 Å². The summed E-state index contributed by atoms with van der Waals surface area (Å²) in [6, 6.07) is 18.9. The summed E-state index contributed by atoms with van der Waals surface area (Å²) >= 11 is 13.9. The molecule has 1 aromatic heterocycles. The quantitative estimate of drug-likeness (QED) is 0.264. The highest BCUT2D eigenvalue weighted by atomic mass is 35.5. The fraction of sp³-hybridized carbons (Fsp3) is 0.0870. The fourth-order valence-electron chi connectivity index (χ4n) is 3.32. The van der Waals surface area contributed by atoms with Crippen molar-refractivity contribution in [2.75, 3.05) is 4.72 Å². The summed E-state index contributed by atoms with van der Waals surface area (Å²) in [7, 11) is 2.02. The first-order chi connectivity index (χ1) is 13.9. The number of hydrogen-bond donors (Lipinski definition) is 1. The van der Waals surface area contributed by atoms with Crippen molar-refractivity contribution in [3.05, 3.63) is 93.6 Å². The Hall–Kier alpha value is -2.40. The Morgan fingerprint density at radius 1 is 1.00 bits per heavy atom. The highest BCUT2D eigenvalue weighted by molar-refractivity contribution is 8.00. The maximum absolute atomic E-state index is 12.9. The number of carbonyl (C=O) groups excluding carboxylic acids is 1. The van der Waals surface area contributed by atoms with Crippen molar-refractivity contribution in [1.29, 1.82) is 0 Å². The van der Waals surface area contributed by atoms with Gasteiger partial charge < -0.3 is 9.29 Å². The zero-order chi connectivity index (χ0) is 20.5. The topological polar surface area (TPSA) is 34.0 Å². The van der Waals surface area contributed by atoms with Crippen LogP contribution in [0.2, 0.25) is 10.0 Å². The highest BCUT2D eigenvalue weighted by Crippen LogP contribution is 2.31. The Bertz CT molecular complexity index is 1230. The summed E-state index contributed by atoms with van der Waals surface area (Å²) in [6.07, 6.45) is 2.04. The molecule has 146 valence electrons. The molecule has 0 aliphatic carbocycles. The van der Waals surface area contributed by atoms with Gasteiger partial charge in [-0.15, -0.1) is 0 Å². The van der Waals surface area contributed by atoms with Crippen LogP contribution in [0.3, 0.4) is 0 Å². The molecule has 0 bridgehead atoms. The summed E-state index contributed by atoms with van der Waals surface area (Å²) in [5, 5.41) is 2.21. The standard InChI is InChI=1S/C23H18Cl2N2OS/c1-14-12-16(24)6-8-18(14)23(28)19-9-7-17(13-20(19)25)29-26-21-5-3-4-15-10-11-27(2)22(15)21/h3-13,26H,1-2H3. The smallest absolute Gasteiger partial charge is 0.194 e. The molecule has 1 heterocycles. The Labute approximate surface area is 183 Å². The molecular formula is C23H18Cl2N2OS. The number of fused-ring (bicyclic) bond motifs is 1. The Balaban J connectivity index is 1.56. The molecule has 1 N–H and O–H groups in total. The maximum Gasteiger partial charge on any atom is 0.194 e. The number of anilines is 1. The molecule has 6 heteroatoms. The largest absolute Gasteiger partial charge is 0.349 e. The zero-order valence-electron chi connectivity index (χ0n) is 15.9. The molecule has 0 saturated heterocycles. The minimum absolute atomic E-state index is 0.109. The van der Waals surface area contributed by atoms with Gasteiger partial charge in [-0.05, 0) is 73.0 Å². The van der Waals surface area contributed by atoms with Crippen LogP contribution in [0, 0.1) is 6.92 Å². The zero-order valence-corrected chi connectivity index (χ0v) is 18.2. The number of carbonyl (C=O) groups is 1. The lowest BCUT2D eigenvalue weighted by Gasteiger charge is -2.11. The van der Waals surface area contributed by atoms with Crippen molar-refractivity contribution in [1.82, 2.24) is 4.57 Å². The molecular weight excluding hydrogens is 423 g/mol. The van der Waals surface area contributed by atoms with Crippen molar-refractivity contribution in [3.63, 3.8) is 0 Å². The molecule has 0 fully saturated rings. The first-order valence-electron chi connectivity index (χ1n) is 9.01. The second-order valence-electron chi connectivity index (χ2n) is 6.80. The van der Waals surface area contributed by atoms with Crippen molar-refractivity contribution in [2.24, 2.45) is 7.05 Å². The molecule has 3 aromatic carbocycles. The van der Waals surface area contributed by atoms with E-state index in [0.717, 1.165) is 21.7 Å². The van der Waals surface area contributed by atoms with Gasteiger partial charge in [0.1, 0.15) is 0 Å². The predicted molar refractivity (Wildman–Crippen MR) is 123 cm³/mol. The second-order valence-corrected chi connectivity index (χ2v) is 8.53. The summed E-state index contributed by atoms with van der Waals surface area (Å²) in [5.74, 6) is -0.109. The van der Waals surface area contributed by atoms with Gasteiger partial charge in [0.05, 0.1) is 16.2 Å². The lowest BCUT2D eigenvalue weighted by molar-refractivity contribution is 0.103. The molecule has 0 spiro atoms. The number of nitrogens with one attached hydrogen (secondary N) is 1. The van der Waals surface area contributed by atoms with Gasteiger partial charge in [-0.2, -0.15) is 0 Å². The predicted octanol–water partition coefficient (Wildman–Crippen LogP) is 7.14. The molecule has 0 saturated carbocycles. The van der Waals surface area contributed by atoms with E-state index < -0.39 is 0 Å². The number of benzene rings is 3. The van der Waals surface area contributed by atoms with Crippen LogP contribution < -0.4 is 4.72 Å². The lowest BCUT2D eigenvalue weighted by atomic mass is 9.99. The summed E-state index contributed by atoms with van der Waals surface area (Å²) in [6.45, 7) is 1.87. The number of hydrogen-bond acceptors (Lipinski definition) is 3. The summed E-state index contributed by atoms with van der Waals surface area (Å²) in [4.78, 5) is 13.8. The Morgan fingerprint density at radius 3 is 2.55 bits per heavy atom.